The number of hydrogen-bond acceptors (Lipinski definition) is 5. The Balaban J connectivity index is 2.14. The number of rotatable bonds is 4. The van der Waals surface area contributed by atoms with Crippen LogP contribution in [0, 0.1) is 0 Å². The molecule has 1 amide bonds. The van der Waals surface area contributed by atoms with E-state index in [0.717, 1.165) is 18.4 Å². The number of benzene rings is 1. The summed E-state index contributed by atoms with van der Waals surface area (Å²) in [6.45, 7) is 2.86. The maximum atomic E-state index is 12.4. The van der Waals surface area contributed by atoms with Crippen LogP contribution in [0.4, 0.5) is 4.79 Å². The summed E-state index contributed by atoms with van der Waals surface area (Å²) in [7, 11) is -2.16. The Labute approximate surface area is 130 Å². The van der Waals surface area contributed by atoms with E-state index in [1.54, 1.807) is 31.2 Å². The highest BCUT2D eigenvalue weighted by Gasteiger charge is 2.26. The zero-order valence-electron chi connectivity index (χ0n) is 12.6. The standard InChI is InChI=1S/C14H19N3O4S/c1-11(15-16-14(18)21-2)12-5-7-13(8-6-12)22(19,20)17-9-3-4-10-17/h5-8H,3-4,9-10H2,1-2H3,(H,16,18)/b15-11+. The number of amides is 1. The predicted octanol–water partition coefficient (Wildman–Crippen LogP) is 1.55. The van der Waals surface area contributed by atoms with Crippen molar-refractivity contribution in [2.24, 2.45) is 5.10 Å². The molecule has 1 aliphatic rings. The van der Waals surface area contributed by atoms with E-state index in [2.05, 4.69) is 15.3 Å². The first-order valence-electron chi connectivity index (χ1n) is 6.94. The van der Waals surface area contributed by atoms with Crippen LogP contribution in [0.25, 0.3) is 0 Å². The SMILES string of the molecule is COC(=O)N/N=C(\C)c1ccc(S(=O)(=O)N2CCCC2)cc1. The monoisotopic (exact) mass is 325 g/mol. The minimum Gasteiger partial charge on any atom is -0.452 e. The predicted molar refractivity (Wildman–Crippen MR) is 82.2 cm³/mol. The number of nitrogens with one attached hydrogen (secondary N) is 1. The second kappa shape index (κ2) is 6.89. The highest BCUT2D eigenvalue weighted by molar-refractivity contribution is 7.89. The van der Waals surface area contributed by atoms with Crippen LogP contribution in [-0.2, 0) is 14.8 Å². The van der Waals surface area contributed by atoms with Crippen molar-refractivity contribution in [3.8, 4) is 0 Å². The summed E-state index contributed by atoms with van der Waals surface area (Å²) >= 11 is 0. The number of nitrogens with zero attached hydrogens (tertiary/aromatic N) is 2. The molecule has 0 unspecified atom stereocenters. The third kappa shape index (κ3) is 3.63. The lowest BCUT2D eigenvalue weighted by atomic mass is 10.1. The summed E-state index contributed by atoms with van der Waals surface area (Å²) in [6.07, 6.45) is 1.15. The topological polar surface area (TPSA) is 88.1 Å². The Kier molecular flexibility index (Phi) is 5.15. The number of ether oxygens (including phenoxy) is 1. The fourth-order valence-electron chi connectivity index (χ4n) is 2.19. The van der Waals surface area contributed by atoms with Gasteiger partial charge in [-0.25, -0.2) is 18.6 Å². The summed E-state index contributed by atoms with van der Waals surface area (Å²) in [6, 6.07) is 6.45. The van der Waals surface area contributed by atoms with Gasteiger partial charge in [0.2, 0.25) is 10.0 Å². The molecule has 0 aromatic heterocycles. The average Bonchev–Trinajstić information content (AvgIpc) is 3.07. The van der Waals surface area contributed by atoms with Crippen LogP contribution in [0.5, 0.6) is 0 Å². The van der Waals surface area contributed by atoms with E-state index in [1.807, 2.05) is 0 Å². The molecule has 0 spiro atoms. The molecule has 1 aliphatic heterocycles. The van der Waals surface area contributed by atoms with Gasteiger partial charge in [-0.15, -0.1) is 0 Å². The van der Waals surface area contributed by atoms with Crippen LogP contribution in [0.3, 0.4) is 0 Å². The summed E-state index contributed by atoms with van der Waals surface area (Å²) in [5, 5.41) is 3.87. The van der Waals surface area contributed by atoms with Crippen LogP contribution in [0.2, 0.25) is 0 Å². The number of methoxy groups -OCH3 is 1. The molecule has 0 radical (unpaired) electrons. The molecule has 1 aromatic carbocycles. The molecule has 0 atom stereocenters. The van der Waals surface area contributed by atoms with E-state index in [-0.39, 0.29) is 4.90 Å². The van der Waals surface area contributed by atoms with Gasteiger partial charge in [0, 0.05) is 13.1 Å². The van der Waals surface area contributed by atoms with Crippen LogP contribution >= 0.6 is 0 Å². The van der Waals surface area contributed by atoms with Crippen molar-refractivity contribution in [3.05, 3.63) is 29.8 Å². The van der Waals surface area contributed by atoms with Crippen molar-refractivity contribution in [2.45, 2.75) is 24.7 Å². The van der Waals surface area contributed by atoms with Gasteiger partial charge < -0.3 is 4.74 Å². The Bertz CT molecular complexity index is 662. The minimum atomic E-state index is -3.41. The Morgan fingerprint density at radius 3 is 2.36 bits per heavy atom. The van der Waals surface area contributed by atoms with Crippen molar-refractivity contribution >= 4 is 21.8 Å². The van der Waals surface area contributed by atoms with Gasteiger partial charge in [-0.05, 0) is 37.5 Å². The molecule has 8 heteroatoms. The molecule has 1 saturated heterocycles. The number of hydrogen-bond donors (Lipinski definition) is 1. The molecule has 2 rings (SSSR count). The maximum absolute atomic E-state index is 12.4. The zero-order chi connectivity index (χ0) is 16.2. The molecule has 1 N–H and O–H groups in total. The number of sulfonamides is 1. The highest BCUT2D eigenvalue weighted by atomic mass is 32.2. The molecule has 0 bridgehead atoms. The van der Waals surface area contributed by atoms with Gasteiger partial charge >= 0.3 is 6.09 Å². The number of hydrazone groups is 1. The van der Waals surface area contributed by atoms with Crippen LogP contribution in [0.1, 0.15) is 25.3 Å². The Morgan fingerprint density at radius 2 is 1.82 bits per heavy atom. The average molecular weight is 325 g/mol. The second-order valence-electron chi connectivity index (χ2n) is 4.94. The fourth-order valence-corrected chi connectivity index (χ4v) is 3.70. The van der Waals surface area contributed by atoms with Crippen molar-refractivity contribution in [1.82, 2.24) is 9.73 Å². The third-order valence-corrected chi connectivity index (χ3v) is 5.39. The molecule has 7 nitrogen and oxygen atoms in total. The molecule has 1 aromatic rings. The van der Waals surface area contributed by atoms with E-state index in [1.165, 1.54) is 11.4 Å². The number of carbonyl (C=O) groups excluding carboxylic acids is 1. The summed E-state index contributed by atoms with van der Waals surface area (Å²) in [4.78, 5) is 11.2. The first kappa shape index (κ1) is 16.4. The zero-order valence-corrected chi connectivity index (χ0v) is 13.4. The van der Waals surface area contributed by atoms with E-state index < -0.39 is 16.1 Å². The number of carbonyl (C=O) groups is 1. The molecule has 0 saturated carbocycles. The van der Waals surface area contributed by atoms with E-state index >= 15 is 0 Å². The fraction of sp³-hybridized carbons (Fsp3) is 0.429. The van der Waals surface area contributed by atoms with E-state index in [9.17, 15) is 13.2 Å². The highest BCUT2D eigenvalue weighted by Crippen LogP contribution is 2.21. The summed E-state index contributed by atoms with van der Waals surface area (Å²) in [5.74, 6) is 0. The maximum Gasteiger partial charge on any atom is 0.427 e. The van der Waals surface area contributed by atoms with Gasteiger partial charge in [0.05, 0.1) is 17.7 Å². The van der Waals surface area contributed by atoms with Crippen molar-refractivity contribution in [3.63, 3.8) is 0 Å². The smallest absolute Gasteiger partial charge is 0.427 e. The van der Waals surface area contributed by atoms with Crippen LogP contribution in [-0.4, -0.2) is 44.7 Å². The van der Waals surface area contributed by atoms with E-state index in [0.29, 0.717) is 18.8 Å². The summed E-state index contributed by atoms with van der Waals surface area (Å²) < 4.78 is 30.7. The van der Waals surface area contributed by atoms with Gasteiger partial charge in [-0.1, -0.05) is 12.1 Å². The molecule has 1 fully saturated rings. The minimum absolute atomic E-state index is 0.270. The van der Waals surface area contributed by atoms with Crippen LogP contribution < -0.4 is 5.43 Å². The van der Waals surface area contributed by atoms with Crippen LogP contribution in [0.15, 0.2) is 34.3 Å². The Morgan fingerprint density at radius 1 is 1.23 bits per heavy atom. The lowest BCUT2D eigenvalue weighted by molar-refractivity contribution is 0.171. The van der Waals surface area contributed by atoms with Gasteiger partial charge in [0.15, 0.2) is 0 Å². The molecule has 120 valence electrons. The molecule has 22 heavy (non-hydrogen) atoms. The van der Waals surface area contributed by atoms with E-state index in [4.69, 9.17) is 0 Å². The molecular formula is C14H19N3O4S. The first-order chi connectivity index (χ1) is 10.4. The van der Waals surface area contributed by atoms with Crippen molar-refractivity contribution in [1.29, 1.82) is 0 Å². The van der Waals surface area contributed by atoms with Gasteiger partial charge in [-0.3, -0.25) is 0 Å². The lowest BCUT2D eigenvalue weighted by Gasteiger charge is -2.15. The largest absolute Gasteiger partial charge is 0.452 e. The quantitative estimate of drug-likeness (QED) is 0.672. The third-order valence-electron chi connectivity index (χ3n) is 3.48. The Hall–Kier alpha value is -1.93. The normalized spacial score (nSPS) is 16.5. The van der Waals surface area contributed by atoms with Crippen molar-refractivity contribution < 1.29 is 17.9 Å². The van der Waals surface area contributed by atoms with Crippen molar-refractivity contribution in [2.75, 3.05) is 20.2 Å². The van der Waals surface area contributed by atoms with Gasteiger partial charge in [-0.2, -0.15) is 9.41 Å². The molecule has 0 aliphatic carbocycles. The lowest BCUT2D eigenvalue weighted by Crippen LogP contribution is -2.27. The van der Waals surface area contributed by atoms with Gasteiger partial charge in [0.1, 0.15) is 0 Å². The second-order valence-corrected chi connectivity index (χ2v) is 6.87. The first-order valence-corrected chi connectivity index (χ1v) is 8.38. The summed E-state index contributed by atoms with van der Waals surface area (Å²) in [5.41, 5.74) is 3.49. The van der Waals surface area contributed by atoms with Gasteiger partial charge in [0.25, 0.3) is 0 Å². The molecule has 1 heterocycles. The molecular weight excluding hydrogens is 306 g/mol.